The molecule has 0 aromatic heterocycles. The van der Waals surface area contributed by atoms with E-state index in [0.717, 1.165) is 16.0 Å². The highest BCUT2D eigenvalue weighted by atomic mass is 35.5. The van der Waals surface area contributed by atoms with E-state index >= 15 is 0 Å². The van der Waals surface area contributed by atoms with Gasteiger partial charge in [-0.3, -0.25) is 9.59 Å². The van der Waals surface area contributed by atoms with Crippen LogP contribution in [0.4, 0.5) is 5.69 Å². The van der Waals surface area contributed by atoms with Gasteiger partial charge in [0.05, 0.1) is 40.3 Å². The summed E-state index contributed by atoms with van der Waals surface area (Å²) < 4.78 is 0. The van der Waals surface area contributed by atoms with Gasteiger partial charge in [-0.05, 0) is 60.5 Å². The highest BCUT2D eigenvalue weighted by Gasteiger charge is 2.86. The van der Waals surface area contributed by atoms with Gasteiger partial charge in [-0.1, -0.05) is 47.5 Å². The fourth-order valence-corrected chi connectivity index (χ4v) is 5.95. The van der Waals surface area contributed by atoms with E-state index in [2.05, 4.69) is 12.1 Å². The third-order valence-electron chi connectivity index (χ3n) is 6.91. The average molecular weight is 472 g/mol. The summed E-state index contributed by atoms with van der Waals surface area (Å²) in [5.41, 5.74) is 0.872. The van der Waals surface area contributed by atoms with Crippen LogP contribution in [0.2, 0.25) is 10.0 Å². The number of halogens is 2. The van der Waals surface area contributed by atoms with E-state index in [-0.39, 0.29) is 11.8 Å². The van der Waals surface area contributed by atoms with Crippen LogP contribution in [0.15, 0.2) is 66.7 Å². The molecule has 0 N–H and O–H groups in total. The van der Waals surface area contributed by atoms with Crippen LogP contribution in [-0.4, -0.2) is 11.8 Å². The summed E-state index contributed by atoms with van der Waals surface area (Å²) >= 11 is 12.2. The second-order valence-corrected chi connectivity index (χ2v) is 9.30. The molecule has 2 aliphatic rings. The first-order valence-corrected chi connectivity index (χ1v) is 10.9. The van der Waals surface area contributed by atoms with E-state index in [4.69, 9.17) is 23.2 Å². The van der Waals surface area contributed by atoms with Crippen molar-refractivity contribution in [2.24, 2.45) is 11.3 Å². The summed E-state index contributed by atoms with van der Waals surface area (Å²) in [5, 5.41) is 19.1. The lowest BCUT2D eigenvalue weighted by Crippen LogP contribution is -2.42. The van der Waals surface area contributed by atoms with Gasteiger partial charge in [0.25, 0.3) is 0 Å². The molecular weight excluding hydrogens is 457 g/mol. The van der Waals surface area contributed by atoms with E-state index in [1.54, 1.807) is 67.6 Å². The molecular formula is C26H15Cl2N3O2. The SMILES string of the molecule is C[C@]12C(=O)N(c3cc(Cl)cc(Cl)c3)C(=O)[C@H]1C2(c1ccc(C#N)cc1)c1ccc(C#N)cc1. The Hall–Kier alpha value is -3.64. The number of nitriles is 2. The number of anilines is 1. The van der Waals surface area contributed by atoms with Gasteiger partial charge in [0.1, 0.15) is 0 Å². The van der Waals surface area contributed by atoms with E-state index < -0.39 is 16.7 Å². The fraction of sp³-hybridized carbons (Fsp3) is 0.154. The first kappa shape index (κ1) is 21.2. The van der Waals surface area contributed by atoms with E-state index in [0.29, 0.717) is 26.9 Å². The van der Waals surface area contributed by atoms with Crippen molar-refractivity contribution in [2.75, 3.05) is 4.90 Å². The molecule has 2 atom stereocenters. The minimum absolute atomic E-state index is 0.328. The first-order chi connectivity index (χ1) is 15.8. The fourth-order valence-electron chi connectivity index (χ4n) is 5.43. The van der Waals surface area contributed by atoms with Gasteiger partial charge in [-0.25, -0.2) is 4.90 Å². The smallest absolute Gasteiger partial charge is 0.241 e. The number of hydrogen-bond acceptors (Lipinski definition) is 4. The molecule has 1 saturated heterocycles. The van der Waals surface area contributed by atoms with Crippen LogP contribution < -0.4 is 4.90 Å². The van der Waals surface area contributed by atoms with Crippen LogP contribution in [0.3, 0.4) is 0 Å². The van der Waals surface area contributed by atoms with Crippen molar-refractivity contribution in [3.8, 4) is 12.1 Å². The minimum Gasteiger partial charge on any atom is -0.274 e. The minimum atomic E-state index is -1.05. The van der Waals surface area contributed by atoms with Crippen molar-refractivity contribution in [3.05, 3.63) is 99.0 Å². The van der Waals surface area contributed by atoms with E-state index in [1.807, 2.05) is 0 Å². The number of piperidine rings is 1. The molecule has 0 spiro atoms. The van der Waals surface area contributed by atoms with E-state index in [9.17, 15) is 20.1 Å². The van der Waals surface area contributed by atoms with Crippen molar-refractivity contribution in [1.29, 1.82) is 10.5 Å². The van der Waals surface area contributed by atoms with Crippen LogP contribution >= 0.6 is 23.2 Å². The van der Waals surface area contributed by atoms with Crippen molar-refractivity contribution in [3.63, 3.8) is 0 Å². The first-order valence-electron chi connectivity index (χ1n) is 10.1. The number of imide groups is 1. The quantitative estimate of drug-likeness (QED) is 0.489. The maximum atomic E-state index is 13.8. The van der Waals surface area contributed by atoms with Crippen molar-refractivity contribution in [2.45, 2.75) is 12.3 Å². The Bertz CT molecular complexity index is 1340. The summed E-state index contributed by atoms with van der Waals surface area (Å²) in [6.07, 6.45) is 0. The lowest BCUT2D eigenvalue weighted by Gasteiger charge is -2.29. The number of fused-ring (bicyclic) bond motifs is 1. The third-order valence-corrected chi connectivity index (χ3v) is 7.34. The molecule has 33 heavy (non-hydrogen) atoms. The van der Waals surface area contributed by atoms with Gasteiger partial charge in [0.15, 0.2) is 0 Å². The largest absolute Gasteiger partial charge is 0.274 e. The number of nitrogens with zero attached hydrogens (tertiary/aromatic N) is 3. The molecule has 3 aromatic rings. The summed E-state index contributed by atoms with van der Waals surface area (Å²) in [6, 6.07) is 22.7. The molecule has 2 amide bonds. The van der Waals surface area contributed by atoms with Crippen molar-refractivity contribution < 1.29 is 9.59 Å². The molecule has 1 saturated carbocycles. The molecule has 0 unspecified atom stereocenters. The standard InChI is InChI=1S/C26H15Cl2N3O2/c1-25-22(23(32)31(24(25)33)21-11-19(27)10-20(28)12-21)26(25,17-6-2-15(13-29)3-7-17)18-8-4-16(14-30)5-9-18/h2-12,22H,1H3/t22-,25-/m1/s1. The normalized spacial score (nSPS) is 22.5. The highest BCUT2D eigenvalue weighted by Crippen LogP contribution is 2.76. The number of rotatable bonds is 3. The molecule has 5 rings (SSSR count). The van der Waals surface area contributed by atoms with Crippen molar-refractivity contribution >= 4 is 40.7 Å². The van der Waals surface area contributed by atoms with Crippen LogP contribution in [-0.2, 0) is 15.0 Å². The summed E-state index contributed by atoms with van der Waals surface area (Å²) in [4.78, 5) is 28.7. The predicted molar refractivity (Wildman–Crippen MR) is 124 cm³/mol. The van der Waals surface area contributed by atoms with Crippen LogP contribution in [0.25, 0.3) is 0 Å². The number of hydrogen-bond donors (Lipinski definition) is 0. The topological polar surface area (TPSA) is 85.0 Å². The second-order valence-electron chi connectivity index (χ2n) is 8.43. The Labute approximate surface area is 200 Å². The zero-order valence-corrected chi connectivity index (χ0v) is 18.9. The van der Waals surface area contributed by atoms with Gasteiger partial charge in [-0.15, -0.1) is 0 Å². The Balaban J connectivity index is 1.68. The van der Waals surface area contributed by atoms with Gasteiger partial charge in [0.2, 0.25) is 11.8 Å². The summed E-state index contributed by atoms with van der Waals surface area (Å²) in [6.45, 7) is 1.79. The lowest BCUT2D eigenvalue weighted by molar-refractivity contribution is -0.125. The molecule has 5 nitrogen and oxygen atoms in total. The molecule has 2 fully saturated rings. The molecule has 0 bridgehead atoms. The molecule has 0 radical (unpaired) electrons. The lowest BCUT2D eigenvalue weighted by atomic mass is 9.78. The van der Waals surface area contributed by atoms with Gasteiger partial charge in [-0.2, -0.15) is 10.5 Å². The molecule has 7 heteroatoms. The summed E-state index contributed by atoms with van der Waals surface area (Å²) in [5.74, 6) is -1.34. The van der Waals surface area contributed by atoms with Crippen LogP contribution in [0, 0.1) is 34.0 Å². The highest BCUT2D eigenvalue weighted by molar-refractivity contribution is 6.36. The number of amides is 2. The second kappa shape index (κ2) is 7.18. The molecule has 1 aliphatic heterocycles. The van der Waals surface area contributed by atoms with Crippen LogP contribution in [0.1, 0.15) is 29.2 Å². The van der Waals surface area contributed by atoms with Gasteiger partial charge < -0.3 is 0 Å². The Morgan fingerprint density at radius 1 is 0.818 bits per heavy atom. The number of benzene rings is 3. The average Bonchev–Trinajstić information content (AvgIpc) is 3.33. The Morgan fingerprint density at radius 2 is 1.27 bits per heavy atom. The Morgan fingerprint density at radius 3 is 1.64 bits per heavy atom. The number of carbonyl (C=O) groups excluding carboxylic acids is 2. The molecule has 160 valence electrons. The van der Waals surface area contributed by atoms with Crippen LogP contribution in [0.5, 0.6) is 0 Å². The Kier molecular flexibility index (Phi) is 4.62. The molecule has 1 heterocycles. The van der Waals surface area contributed by atoms with Gasteiger partial charge in [0, 0.05) is 15.5 Å². The summed E-state index contributed by atoms with van der Waals surface area (Å²) in [7, 11) is 0. The monoisotopic (exact) mass is 471 g/mol. The van der Waals surface area contributed by atoms with Gasteiger partial charge >= 0.3 is 0 Å². The predicted octanol–water partition coefficient (Wildman–Crippen LogP) is 5.23. The van der Waals surface area contributed by atoms with E-state index in [1.165, 1.54) is 6.07 Å². The zero-order valence-electron chi connectivity index (χ0n) is 17.3. The maximum Gasteiger partial charge on any atom is 0.241 e. The molecule has 3 aromatic carbocycles. The van der Waals surface area contributed by atoms with Crippen molar-refractivity contribution in [1.82, 2.24) is 0 Å². The molecule has 1 aliphatic carbocycles. The maximum absolute atomic E-state index is 13.8. The third kappa shape index (κ3) is 2.70. The zero-order chi connectivity index (χ0) is 23.5. The number of carbonyl (C=O) groups is 2.